The number of carbonyl (C=O) groups excluding carboxylic acids is 1. The first-order valence-electron chi connectivity index (χ1n) is 10.1. The third-order valence-electron chi connectivity index (χ3n) is 4.94. The summed E-state index contributed by atoms with van der Waals surface area (Å²) in [5, 5.41) is 2.88. The van der Waals surface area contributed by atoms with E-state index in [0.29, 0.717) is 6.04 Å². The number of unbranched alkanes of at least 4 members (excludes halogenated alkanes) is 8. The SMILES string of the molecule is C=CC(=O)NCCCC(CCCCCCCCCCC)[N+](C)(C)C.[Br-]. The zero-order valence-corrected chi connectivity index (χ0v) is 18.9. The van der Waals surface area contributed by atoms with Crippen molar-refractivity contribution < 1.29 is 26.3 Å². The summed E-state index contributed by atoms with van der Waals surface area (Å²) in [5.41, 5.74) is 0. The molecule has 25 heavy (non-hydrogen) atoms. The molecule has 0 rings (SSSR count). The highest BCUT2D eigenvalue weighted by Gasteiger charge is 2.22. The molecule has 1 amide bonds. The Morgan fingerprint density at radius 1 is 0.920 bits per heavy atom. The van der Waals surface area contributed by atoms with Gasteiger partial charge in [-0.2, -0.15) is 0 Å². The first-order chi connectivity index (χ1) is 11.4. The molecule has 0 saturated carbocycles. The third-order valence-corrected chi connectivity index (χ3v) is 4.94. The predicted octanol–water partition coefficient (Wildman–Crippen LogP) is 2.07. The quantitative estimate of drug-likeness (QED) is 0.232. The van der Waals surface area contributed by atoms with Crippen LogP contribution in [0, 0.1) is 0 Å². The normalized spacial score (nSPS) is 12.3. The van der Waals surface area contributed by atoms with E-state index in [0.717, 1.165) is 17.4 Å². The molecule has 0 aliphatic heterocycles. The van der Waals surface area contributed by atoms with Crippen molar-refractivity contribution in [2.24, 2.45) is 0 Å². The zero-order chi connectivity index (χ0) is 18.3. The summed E-state index contributed by atoms with van der Waals surface area (Å²) in [6, 6.07) is 0.690. The van der Waals surface area contributed by atoms with Crippen LogP contribution in [0.2, 0.25) is 0 Å². The molecular weight excluding hydrogens is 376 g/mol. The van der Waals surface area contributed by atoms with Crippen LogP contribution in [0.1, 0.15) is 84.0 Å². The fourth-order valence-electron chi connectivity index (χ4n) is 3.23. The largest absolute Gasteiger partial charge is 1.00 e. The van der Waals surface area contributed by atoms with Crippen LogP contribution in [0.4, 0.5) is 0 Å². The summed E-state index contributed by atoms with van der Waals surface area (Å²) in [4.78, 5) is 11.2. The fraction of sp³-hybridized carbons (Fsp3) is 0.857. The molecule has 1 atom stereocenters. The van der Waals surface area contributed by atoms with Crippen LogP contribution < -0.4 is 22.3 Å². The number of quaternary nitrogens is 1. The van der Waals surface area contributed by atoms with Crippen LogP contribution in [0.5, 0.6) is 0 Å². The van der Waals surface area contributed by atoms with E-state index in [4.69, 9.17) is 0 Å². The second kappa shape index (κ2) is 17.1. The lowest BCUT2D eigenvalue weighted by molar-refractivity contribution is -0.896. The Balaban J connectivity index is 0. The topological polar surface area (TPSA) is 29.1 Å². The van der Waals surface area contributed by atoms with Crippen molar-refractivity contribution in [2.75, 3.05) is 27.7 Å². The molecule has 0 fully saturated rings. The minimum Gasteiger partial charge on any atom is -1.00 e. The molecule has 150 valence electrons. The highest BCUT2D eigenvalue weighted by Crippen LogP contribution is 2.18. The highest BCUT2D eigenvalue weighted by atomic mass is 79.9. The van der Waals surface area contributed by atoms with Crippen molar-refractivity contribution in [3.8, 4) is 0 Å². The summed E-state index contributed by atoms with van der Waals surface area (Å²) in [7, 11) is 6.88. The molecule has 0 aliphatic rings. The van der Waals surface area contributed by atoms with Gasteiger partial charge in [-0.1, -0.05) is 64.9 Å². The van der Waals surface area contributed by atoms with Crippen molar-refractivity contribution >= 4 is 5.91 Å². The summed E-state index contributed by atoms with van der Waals surface area (Å²) < 4.78 is 1.02. The van der Waals surface area contributed by atoms with E-state index in [1.165, 1.54) is 76.7 Å². The first kappa shape index (κ1) is 26.9. The minimum absolute atomic E-state index is 0. The van der Waals surface area contributed by atoms with Gasteiger partial charge < -0.3 is 26.8 Å². The van der Waals surface area contributed by atoms with E-state index in [-0.39, 0.29) is 22.9 Å². The zero-order valence-electron chi connectivity index (χ0n) is 17.3. The molecule has 0 saturated heterocycles. The number of amides is 1. The van der Waals surface area contributed by atoms with Crippen LogP contribution in [-0.4, -0.2) is 44.1 Å². The number of rotatable bonds is 16. The minimum atomic E-state index is -0.0595. The van der Waals surface area contributed by atoms with Crippen molar-refractivity contribution in [1.29, 1.82) is 0 Å². The van der Waals surface area contributed by atoms with E-state index in [9.17, 15) is 4.79 Å². The van der Waals surface area contributed by atoms with Gasteiger partial charge in [-0.05, 0) is 25.3 Å². The van der Waals surface area contributed by atoms with E-state index < -0.39 is 0 Å². The van der Waals surface area contributed by atoms with Gasteiger partial charge in [0.2, 0.25) is 5.91 Å². The standard InChI is InChI=1S/C21H42N2O.BrH/c1-6-8-9-10-11-12-13-14-15-17-20(23(3,4)5)18-16-19-22-21(24)7-2;/h7,20H,2,6,8-19H2,1,3-5H3;1H. The van der Waals surface area contributed by atoms with E-state index in [2.05, 4.69) is 40.0 Å². The smallest absolute Gasteiger partial charge is 0.243 e. The van der Waals surface area contributed by atoms with Crippen LogP contribution in [0.3, 0.4) is 0 Å². The predicted molar refractivity (Wildman–Crippen MR) is 106 cm³/mol. The molecule has 0 aromatic heterocycles. The number of hydrogen-bond acceptors (Lipinski definition) is 1. The lowest BCUT2D eigenvalue weighted by atomic mass is 9.99. The molecular formula is C21H43BrN2O. The van der Waals surface area contributed by atoms with E-state index in [1.807, 2.05) is 0 Å². The molecule has 0 spiro atoms. The molecule has 0 bridgehead atoms. The van der Waals surface area contributed by atoms with Crippen molar-refractivity contribution in [1.82, 2.24) is 5.32 Å². The lowest BCUT2D eigenvalue weighted by Gasteiger charge is -2.34. The van der Waals surface area contributed by atoms with Gasteiger partial charge in [-0.3, -0.25) is 4.79 Å². The summed E-state index contributed by atoms with van der Waals surface area (Å²) in [6.07, 6.45) is 17.4. The van der Waals surface area contributed by atoms with Gasteiger partial charge >= 0.3 is 0 Å². The fourth-order valence-corrected chi connectivity index (χ4v) is 3.23. The van der Waals surface area contributed by atoms with Gasteiger partial charge in [0.1, 0.15) is 0 Å². The monoisotopic (exact) mass is 418 g/mol. The molecule has 0 aromatic carbocycles. The number of nitrogens with one attached hydrogen (secondary N) is 1. The molecule has 0 aliphatic carbocycles. The summed E-state index contributed by atoms with van der Waals surface area (Å²) in [5.74, 6) is -0.0595. The molecule has 0 heterocycles. The average Bonchev–Trinajstić information content (AvgIpc) is 2.53. The van der Waals surface area contributed by atoms with Gasteiger partial charge in [0.25, 0.3) is 0 Å². The molecule has 1 unspecified atom stereocenters. The van der Waals surface area contributed by atoms with Crippen LogP contribution in [-0.2, 0) is 4.79 Å². The lowest BCUT2D eigenvalue weighted by Crippen LogP contribution is -3.00. The van der Waals surface area contributed by atoms with Gasteiger partial charge in [0.05, 0.1) is 27.2 Å². The summed E-state index contributed by atoms with van der Waals surface area (Å²) >= 11 is 0. The Kier molecular flexibility index (Phi) is 18.4. The second-order valence-electron chi connectivity index (χ2n) is 8.02. The Morgan fingerprint density at radius 2 is 1.40 bits per heavy atom. The van der Waals surface area contributed by atoms with Gasteiger partial charge in [-0.15, -0.1) is 0 Å². The Bertz CT molecular complexity index is 326. The number of carbonyl (C=O) groups is 1. The molecule has 4 heteroatoms. The van der Waals surface area contributed by atoms with Crippen molar-refractivity contribution in [3.63, 3.8) is 0 Å². The maximum Gasteiger partial charge on any atom is 0.243 e. The van der Waals surface area contributed by atoms with E-state index >= 15 is 0 Å². The third kappa shape index (κ3) is 16.8. The maximum absolute atomic E-state index is 11.2. The van der Waals surface area contributed by atoms with Crippen molar-refractivity contribution in [2.45, 2.75) is 90.0 Å². The van der Waals surface area contributed by atoms with Gasteiger partial charge in [0, 0.05) is 13.0 Å². The molecule has 0 aromatic rings. The molecule has 1 N–H and O–H groups in total. The van der Waals surface area contributed by atoms with Gasteiger partial charge in [-0.25, -0.2) is 0 Å². The van der Waals surface area contributed by atoms with Crippen LogP contribution in [0.15, 0.2) is 12.7 Å². The van der Waals surface area contributed by atoms with Gasteiger partial charge in [0.15, 0.2) is 0 Å². The second-order valence-corrected chi connectivity index (χ2v) is 8.02. The molecule has 0 radical (unpaired) electrons. The van der Waals surface area contributed by atoms with Crippen LogP contribution >= 0.6 is 0 Å². The molecule has 3 nitrogen and oxygen atoms in total. The van der Waals surface area contributed by atoms with Crippen LogP contribution in [0.25, 0.3) is 0 Å². The summed E-state index contributed by atoms with van der Waals surface area (Å²) in [6.45, 7) is 6.52. The number of nitrogens with zero attached hydrogens (tertiary/aromatic N) is 1. The average molecular weight is 419 g/mol. The first-order valence-corrected chi connectivity index (χ1v) is 10.1. The Labute approximate surface area is 168 Å². The maximum atomic E-state index is 11.2. The number of hydrogen-bond donors (Lipinski definition) is 1. The van der Waals surface area contributed by atoms with E-state index in [1.54, 1.807) is 0 Å². The highest BCUT2D eigenvalue weighted by molar-refractivity contribution is 5.86. The Morgan fingerprint density at radius 3 is 1.88 bits per heavy atom. The Hall–Kier alpha value is -0.350. The van der Waals surface area contributed by atoms with Crippen molar-refractivity contribution in [3.05, 3.63) is 12.7 Å². The number of halogens is 1.